The molecular formula is C13H17NO3. The standard InChI is InChI=1S/C13H17NO3/c15-11-7-9-5-8-6-12(16)17-13(8,11)10-3-1-2-4-14(9)10/h6,9-11,15H,1-5,7H2/t9-,10-,11-,13+/m1/s1. The lowest BCUT2D eigenvalue weighted by atomic mass is 9.64. The first-order valence-corrected chi connectivity index (χ1v) is 6.59. The van der Waals surface area contributed by atoms with Gasteiger partial charge in [-0.2, -0.15) is 0 Å². The number of carbonyl (C=O) groups excluding carboxylic acids is 1. The van der Waals surface area contributed by atoms with Crippen molar-refractivity contribution in [2.45, 2.75) is 55.9 Å². The van der Waals surface area contributed by atoms with Gasteiger partial charge in [0.25, 0.3) is 0 Å². The number of piperidine rings is 3. The Morgan fingerprint density at radius 2 is 2.35 bits per heavy atom. The zero-order chi connectivity index (χ0) is 11.6. The van der Waals surface area contributed by atoms with Crippen LogP contribution in [0.2, 0.25) is 0 Å². The summed E-state index contributed by atoms with van der Waals surface area (Å²) in [5, 5.41) is 10.4. The summed E-state index contributed by atoms with van der Waals surface area (Å²) in [5.74, 6) is -0.257. The molecule has 2 bridgehead atoms. The Hall–Kier alpha value is -0.870. The van der Waals surface area contributed by atoms with Crippen LogP contribution in [-0.2, 0) is 9.53 Å². The minimum Gasteiger partial charge on any atom is -0.447 e. The molecule has 1 N–H and O–H groups in total. The van der Waals surface area contributed by atoms with Crippen molar-refractivity contribution in [3.05, 3.63) is 11.6 Å². The van der Waals surface area contributed by atoms with E-state index in [0.29, 0.717) is 6.04 Å². The van der Waals surface area contributed by atoms with Crippen LogP contribution in [0.1, 0.15) is 32.1 Å². The Morgan fingerprint density at radius 1 is 1.47 bits per heavy atom. The fraction of sp³-hybridized carbons (Fsp3) is 0.769. The van der Waals surface area contributed by atoms with Crippen LogP contribution >= 0.6 is 0 Å². The number of carbonyl (C=O) groups is 1. The second-order valence-corrected chi connectivity index (χ2v) is 5.74. The molecule has 3 saturated heterocycles. The van der Waals surface area contributed by atoms with Crippen molar-refractivity contribution in [1.82, 2.24) is 4.90 Å². The molecule has 0 aromatic carbocycles. The minimum absolute atomic E-state index is 0.219. The fourth-order valence-electron chi connectivity index (χ4n) is 4.40. The van der Waals surface area contributed by atoms with Crippen molar-refractivity contribution in [3.8, 4) is 0 Å². The van der Waals surface area contributed by atoms with Crippen molar-refractivity contribution < 1.29 is 14.6 Å². The summed E-state index contributed by atoms with van der Waals surface area (Å²) in [7, 11) is 0. The van der Waals surface area contributed by atoms with Crippen LogP contribution in [0.25, 0.3) is 0 Å². The molecule has 0 aromatic heterocycles. The minimum atomic E-state index is -0.688. The number of rotatable bonds is 0. The van der Waals surface area contributed by atoms with Crippen LogP contribution in [0.4, 0.5) is 0 Å². The normalized spacial score (nSPS) is 48.4. The topological polar surface area (TPSA) is 49.8 Å². The van der Waals surface area contributed by atoms with Gasteiger partial charge in [-0.15, -0.1) is 0 Å². The number of esters is 1. The lowest BCUT2D eigenvalue weighted by Crippen LogP contribution is -2.72. The molecule has 4 atom stereocenters. The van der Waals surface area contributed by atoms with Gasteiger partial charge in [-0.3, -0.25) is 4.90 Å². The molecule has 4 fully saturated rings. The van der Waals surface area contributed by atoms with Gasteiger partial charge in [0, 0.05) is 12.1 Å². The molecule has 4 nitrogen and oxygen atoms in total. The molecule has 4 aliphatic heterocycles. The van der Waals surface area contributed by atoms with E-state index in [9.17, 15) is 9.90 Å². The molecule has 0 radical (unpaired) electrons. The maximum absolute atomic E-state index is 11.6. The number of aliphatic hydroxyl groups excluding tert-OH is 1. The van der Waals surface area contributed by atoms with E-state index >= 15 is 0 Å². The van der Waals surface area contributed by atoms with E-state index in [-0.39, 0.29) is 12.0 Å². The van der Waals surface area contributed by atoms with E-state index in [4.69, 9.17) is 4.74 Å². The Kier molecular flexibility index (Phi) is 1.85. The third kappa shape index (κ3) is 1.08. The number of ether oxygens (including phenoxy) is 1. The third-order valence-corrected chi connectivity index (χ3v) is 5.02. The van der Waals surface area contributed by atoms with Crippen LogP contribution in [-0.4, -0.2) is 46.3 Å². The van der Waals surface area contributed by atoms with Gasteiger partial charge in [0.2, 0.25) is 0 Å². The Balaban J connectivity index is 1.83. The van der Waals surface area contributed by atoms with E-state index in [2.05, 4.69) is 4.90 Å². The zero-order valence-corrected chi connectivity index (χ0v) is 9.76. The maximum Gasteiger partial charge on any atom is 0.331 e. The van der Waals surface area contributed by atoms with Crippen LogP contribution < -0.4 is 0 Å². The van der Waals surface area contributed by atoms with E-state index in [1.165, 1.54) is 12.8 Å². The molecule has 92 valence electrons. The first-order chi connectivity index (χ1) is 8.22. The molecule has 5 rings (SSSR count). The average Bonchev–Trinajstić information content (AvgIpc) is 2.67. The van der Waals surface area contributed by atoms with Gasteiger partial charge in [-0.1, -0.05) is 6.42 Å². The number of hydrogen-bond donors (Lipinski definition) is 1. The van der Waals surface area contributed by atoms with Crippen molar-refractivity contribution in [3.63, 3.8) is 0 Å². The summed E-state index contributed by atoms with van der Waals surface area (Å²) in [4.78, 5) is 14.1. The van der Waals surface area contributed by atoms with Gasteiger partial charge in [-0.25, -0.2) is 4.79 Å². The lowest BCUT2D eigenvalue weighted by Gasteiger charge is -2.60. The third-order valence-electron chi connectivity index (χ3n) is 5.02. The van der Waals surface area contributed by atoms with Gasteiger partial charge in [0.1, 0.15) is 6.10 Å². The highest BCUT2D eigenvalue weighted by Crippen LogP contribution is 2.53. The van der Waals surface area contributed by atoms with Crippen LogP contribution in [0, 0.1) is 0 Å². The van der Waals surface area contributed by atoms with Gasteiger partial charge < -0.3 is 9.84 Å². The van der Waals surface area contributed by atoms with Crippen LogP contribution in [0.5, 0.6) is 0 Å². The number of fused-ring (bicyclic) bond motifs is 1. The Labute approximate surface area is 100 Å². The smallest absolute Gasteiger partial charge is 0.331 e. The second-order valence-electron chi connectivity index (χ2n) is 5.74. The van der Waals surface area contributed by atoms with Crippen LogP contribution in [0.15, 0.2) is 11.6 Å². The predicted molar refractivity (Wildman–Crippen MR) is 60.3 cm³/mol. The summed E-state index contributed by atoms with van der Waals surface area (Å²) in [6, 6.07) is 0.634. The SMILES string of the molecule is O=C1C=C2C[C@@H]3C[C@@H](O)[C@@]2(O1)[C@H]1CCCCN31. The van der Waals surface area contributed by atoms with Crippen molar-refractivity contribution in [1.29, 1.82) is 0 Å². The number of nitrogens with zero attached hydrogens (tertiary/aromatic N) is 1. The highest BCUT2D eigenvalue weighted by atomic mass is 16.6. The first-order valence-electron chi connectivity index (χ1n) is 6.59. The van der Waals surface area contributed by atoms with Gasteiger partial charge in [-0.05, 0) is 37.8 Å². The van der Waals surface area contributed by atoms with Crippen LogP contribution in [0.3, 0.4) is 0 Å². The predicted octanol–water partition coefficient (Wildman–Crippen LogP) is 0.600. The molecule has 4 heteroatoms. The molecule has 1 saturated carbocycles. The summed E-state index contributed by atoms with van der Waals surface area (Å²) in [6.07, 6.45) is 6.22. The molecule has 0 aromatic rings. The summed E-state index contributed by atoms with van der Waals surface area (Å²) in [6.45, 7) is 1.09. The van der Waals surface area contributed by atoms with E-state index < -0.39 is 11.7 Å². The Bertz CT molecular complexity index is 419. The van der Waals surface area contributed by atoms with Gasteiger partial charge in [0.15, 0.2) is 5.60 Å². The van der Waals surface area contributed by atoms with E-state index in [1.807, 2.05) is 0 Å². The van der Waals surface area contributed by atoms with Gasteiger partial charge >= 0.3 is 5.97 Å². The van der Waals surface area contributed by atoms with Crippen molar-refractivity contribution >= 4 is 5.97 Å². The lowest BCUT2D eigenvalue weighted by molar-refractivity contribution is -0.201. The molecule has 0 unspecified atom stereocenters. The number of aliphatic hydroxyl groups is 1. The largest absolute Gasteiger partial charge is 0.447 e. The second kappa shape index (κ2) is 3.12. The monoisotopic (exact) mass is 235 g/mol. The average molecular weight is 235 g/mol. The molecule has 1 aliphatic carbocycles. The molecule has 0 amide bonds. The first kappa shape index (κ1) is 10.1. The summed E-state index contributed by atoms with van der Waals surface area (Å²) < 4.78 is 5.60. The molecule has 5 aliphatic rings. The molecule has 4 heterocycles. The Morgan fingerprint density at radius 3 is 3.24 bits per heavy atom. The maximum atomic E-state index is 11.6. The van der Waals surface area contributed by atoms with E-state index in [0.717, 1.165) is 31.4 Å². The van der Waals surface area contributed by atoms with Crippen molar-refractivity contribution in [2.75, 3.05) is 6.54 Å². The molecular weight excluding hydrogens is 218 g/mol. The fourth-order valence-corrected chi connectivity index (χ4v) is 4.40. The molecule has 1 spiro atoms. The number of hydrogen-bond acceptors (Lipinski definition) is 4. The van der Waals surface area contributed by atoms with Gasteiger partial charge in [0.05, 0.1) is 6.04 Å². The quantitative estimate of drug-likeness (QED) is 0.625. The summed E-state index contributed by atoms with van der Waals surface area (Å²) >= 11 is 0. The highest BCUT2D eigenvalue weighted by Gasteiger charge is 2.64. The highest BCUT2D eigenvalue weighted by molar-refractivity contribution is 5.87. The zero-order valence-electron chi connectivity index (χ0n) is 9.76. The van der Waals surface area contributed by atoms with E-state index in [1.54, 1.807) is 6.08 Å². The van der Waals surface area contributed by atoms with Crippen molar-refractivity contribution in [2.24, 2.45) is 0 Å². The molecule has 17 heavy (non-hydrogen) atoms. The summed E-state index contributed by atoms with van der Waals surface area (Å²) in [5.41, 5.74) is 0.362.